The number of amidine groups is 1. The Kier molecular flexibility index (Phi) is 3.55. The van der Waals surface area contributed by atoms with Crippen molar-refractivity contribution in [3.63, 3.8) is 0 Å². The fraction of sp³-hybridized carbons (Fsp3) is 0.417. The van der Waals surface area contributed by atoms with Gasteiger partial charge in [-0.25, -0.2) is 0 Å². The van der Waals surface area contributed by atoms with Crippen LogP contribution in [0.5, 0.6) is 0 Å². The lowest BCUT2D eigenvalue weighted by molar-refractivity contribution is 0.583. The third-order valence-electron chi connectivity index (χ3n) is 1.92. The van der Waals surface area contributed by atoms with Crippen LogP contribution in [0.15, 0.2) is 27.7 Å². The molecule has 82 valence electrons. The summed E-state index contributed by atoms with van der Waals surface area (Å²) in [7, 11) is 0. The van der Waals surface area contributed by atoms with Crippen LogP contribution in [0.3, 0.4) is 0 Å². The molecule has 0 unspecified atom stereocenters. The largest absolute Gasteiger partial charge is 0.383 e. The first kappa shape index (κ1) is 12.2. The monoisotopic (exact) mass is 268 g/mol. The Labute approximate surface area is 99.7 Å². The summed E-state index contributed by atoms with van der Waals surface area (Å²) < 4.78 is 1.06. The molecule has 0 amide bonds. The van der Waals surface area contributed by atoms with Crippen molar-refractivity contribution in [2.45, 2.75) is 33.2 Å². The summed E-state index contributed by atoms with van der Waals surface area (Å²) in [6.07, 6.45) is 0. The number of benzene rings is 1. The van der Waals surface area contributed by atoms with E-state index in [1.165, 1.54) is 5.56 Å². The molecule has 1 aromatic rings. The Morgan fingerprint density at radius 1 is 1.33 bits per heavy atom. The molecule has 2 nitrogen and oxygen atoms in total. The molecule has 0 spiro atoms. The summed E-state index contributed by atoms with van der Waals surface area (Å²) in [4.78, 5) is 4.42. The number of nitrogens with zero attached hydrogens (tertiary/aromatic N) is 1. The van der Waals surface area contributed by atoms with Crippen molar-refractivity contribution in [1.29, 1.82) is 0 Å². The molecular formula is C12H17BrN2. The molecular weight excluding hydrogens is 252 g/mol. The van der Waals surface area contributed by atoms with Crippen LogP contribution in [0.4, 0.5) is 0 Å². The zero-order valence-electron chi connectivity index (χ0n) is 9.63. The first-order valence-electron chi connectivity index (χ1n) is 4.91. The van der Waals surface area contributed by atoms with E-state index >= 15 is 0 Å². The third-order valence-corrected chi connectivity index (χ3v) is 2.78. The number of hydrogen-bond acceptors (Lipinski definition) is 1. The molecule has 0 heterocycles. The second-order valence-corrected chi connectivity index (χ2v) is 5.49. The van der Waals surface area contributed by atoms with Gasteiger partial charge in [0.1, 0.15) is 5.84 Å². The molecule has 0 saturated heterocycles. The summed E-state index contributed by atoms with van der Waals surface area (Å²) in [5.41, 5.74) is 7.95. The molecule has 3 heteroatoms. The molecule has 0 aliphatic carbocycles. The maximum Gasteiger partial charge on any atom is 0.126 e. The number of aliphatic imine (C=N–C) groups is 1. The van der Waals surface area contributed by atoms with Crippen LogP contribution in [-0.4, -0.2) is 11.4 Å². The van der Waals surface area contributed by atoms with E-state index in [-0.39, 0.29) is 5.54 Å². The normalized spacial score (nSPS) is 13.0. The van der Waals surface area contributed by atoms with Gasteiger partial charge >= 0.3 is 0 Å². The minimum atomic E-state index is -0.137. The summed E-state index contributed by atoms with van der Waals surface area (Å²) >= 11 is 3.48. The van der Waals surface area contributed by atoms with Gasteiger partial charge in [0.05, 0.1) is 5.54 Å². The van der Waals surface area contributed by atoms with Gasteiger partial charge in [0.2, 0.25) is 0 Å². The highest BCUT2D eigenvalue weighted by molar-refractivity contribution is 9.10. The SMILES string of the molecule is Cc1ccc(C(N)=NC(C)(C)C)cc1Br. The first-order chi connectivity index (χ1) is 6.79. The number of nitrogens with two attached hydrogens (primary N) is 1. The van der Waals surface area contributed by atoms with Gasteiger partial charge in [-0.3, -0.25) is 4.99 Å². The van der Waals surface area contributed by atoms with E-state index in [1.54, 1.807) is 0 Å². The maximum absolute atomic E-state index is 5.93. The van der Waals surface area contributed by atoms with Gasteiger partial charge in [-0.15, -0.1) is 0 Å². The van der Waals surface area contributed by atoms with Crippen molar-refractivity contribution in [3.05, 3.63) is 33.8 Å². The molecule has 1 aromatic carbocycles. The average Bonchev–Trinajstić information content (AvgIpc) is 2.06. The maximum atomic E-state index is 5.93. The molecule has 2 N–H and O–H groups in total. The van der Waals surface area contributed by atoms with Crippen molar-refractivity contribution in [2.75, 3.05) is 0 Å². The molecule has 1 rings (SSSR count). The van der Waals surface area contributed by atoms with Crippen LogP contribution < -0.4 is 5.73 Å². The van der Waals surface area contributed by atoms with Gasteiger partial charge < -0.3 is 5.73 Å². The minimum Gasteiger partial charge on any atom is -0.383 e. The Hall–Kier alpha value is -0.830. The van der Waals surface area contributed by atoms with Gasteiger partial charge in [-0.05, 0) is 39.3 Å². The highest BCUT2D eigenvalue weighted by Crippen LogP contribution is 2.18. The lowest BCUT2D eigenvalue weighted by atomic mass is 10.1. The molecule has 15 heavy (non-hydrogen) atoms. The number of halogens is 1. The Balaban J connectivity index is 3.07. The number of aryl methyl sites for hydroxylation is 1. The molecule has 0 bridgehead atoms. The van der Waals surface area contributed by atoms with Gasteiger partial charge in [0.25, 0.3) is 0 Å². The highest BCUT2D eigenvalue weighted by atomic mass is 79.9. The van der Waals surface area contributed by atoms with E-state index in [4.69, 9.17) is 5.73 Å². The van der Waals surface area contributed by atoms with E-state index in [0.717, 1.165) is 10.0 Å². The van der Waals surface area contributed by atoms with Crippen LogP contribution in [0.2, 0.25) is 0 Å². The van der Waals surface area contributed by atoms with Crippen molar-refractivity contribution >= 4 is 21.8 Å². The molecule has 0 saturated carbocycles. The zero-order chi connectivity index (χ0) is 11.6. The molecule has 0 aromatic heterocycles. The Morgan fingerprint density at radius 2 is 1.93 bits per heavy atom. The lowest BCUT2D eigenvalue weighted by Gasteiger charge is -2.14. The van der Waals surface area contributed by atoms with Crippen LogP contribution in [0.25, 0.3) is 0 Å². The Bertz CT molecular complexity index is 389. The second kappa shape index (κ2) is 4.35. The smallest absolute Gasteiger partial charge is 0.126 e. The number of rotatable bonds is 1. The Morgan fingerprint density at radius 3 is 2.40 bits per heavy atom. The van der Waals surface area contributed by atoms with Gasteiger partial charge in [0.15, 0.2) is 0 Å². The molecule has 0 fully saturated rings. The van der Waals surface area contributed by atoms with Crippen LogP contribution >= 0.6 is 15.9 Å². The second-order valence-electron chi connectivity index (χ2n) is 4.63. The van der Waals surface area contributed by atoms with E-state index in [9.17, 15) is 0 Å². The molecule has 0 atom stereocenters. The standard InChI is InChI=1S/C12H17BrN2/c1-8-5-6-9(7-10(8)13)11(14)15-12(2,3)4/h5-7H,1-4H3,(H2,14,15). The van der Waals surface area contributed by atoms with Crippen LogP contribution in [-0.2, 0) is 0 Å². The summed E-state index contributed by atoms with van der Waals surface area (Å²) in [6.45, 7) is 8.14. The fourth-order valence-corrected chi connectivity index (χ4v) is 1.56. The lowest BCUT2D eigenvalue weighted by Crippen LogP contribution is -2.21. The topological polar surface area (TPSA) is 38.4 Å². The van der Waals surface area contributed by atoms with Gasteiger partial charge in [0, 0.05) is 10.0 Å². The first-order valence-corrected chi connectivity index (χ1v) is 5.71. The van der Waals surface area contributed by atoms with Gasteiger partial charge in [-0.1, -0.05) is 28.1 Å². The molecule has 0 radical (unpaired) electrons. The summed E-state index contributed by atoms with van der Waals surface area (Å²) in [5, 5.41) is 0. The third kappa shape index (κ3) is 3.67. The predicted octanol–water partition coefficient (Wildman–Crippen LogP) is 3.26. The summed E-state index contributed by atoms with van der Waals surface area (Å²) in [6, 6.07) is 6.02. The van der Waals surface area contributed by atoms with Crippen LogP contribution in [0.1, 0.15) is 31.9 Å². The van der Waals surface area contributed by atoms with Crippen LogP contribution in [0, 0.1) is 6.92 Å². The van der Waals surface area contributed by atoms with Gasteiger partial charge in [-0.2, -0.15) is 0 Å². The van der Waals surface area contributed by atoms with E-state index in [2.05, 4.69) is 20.9 Å². The van der Waals surface area contributed by atoms with E-state index < -0.39 is 0 Å². The molecule has 0 aliphatic rings. The van der Waals surface area contributed by atoms with Crippen molar-refractivity contribution < 1.29 is 0 Å². The quantitative estimate of drug-likeness (QED) is 0.616. The van der Waals surface area contributed by atoms with E-state index in [0.29, 0.717) is 5.84 Å². The van der Waals surface area contributed by atoms with Crippen molar-refractivity contribution in [1.82, 2.24) is 0 Å². The predicted molar refractivity (Wildman–Crippen MR) is 69.4 cm³/mol. The number of hydrogen-bond donors (Lipinski definition) is 1. The van der Waals surface area contributed by atoms with E-state index in [1.807, 2.05) is 45.9 Å². The van der Waals surface area contributed by atoms with Crippen molar-refractivity contribution in [2.24, 2.45) is 10.7 Å². The highest BCUT2D eigenvalue weighted by Gasteiger charge is 2.09. The summed E-state index contributed by atoms with van der Waals surface area (Å²) in [5.74, 6) is 0.586. The average molecular weight is 269 g/mol. The zero-order valence-corrected chi connectivity index (χ0v) is 11.2. The minimum absolute atomic E-state index is 0.137. The fourth-order valence-electron chi connectivity index (χ4n) is 1.18. The van der Waals surface area contributed by atoms with Crippen molar-refractivity contribution in [3.8, 4) is 0 Å². The molecule has 0 aliphatic heterocycles.